The van der Waals surface area contributed by atoms with Crippen LogP contribution in [0.4, 0.5) is 4.39 Å². The molecule has 0 spiro atoms. The molecule has 1 aliphatic rings. The molecule has 1 unspecified atom stereocenters. The summed E-state index contributed by atoms with van der Waals surface area (Å²) >= 11 is 0. The van der Waals surface area contributed by atoms with E-state index in [0.717, 1.165) is 19.6 Å². The van der Waals surface area contributed by atoms with Gasteiger partial charge in [-0.05, 0) is 29.7 Å². The molecule has 0 radical (unpaired) electrons. The minimum absolute atomic E-state index is 0.132. The minimum Gasteiger partial charge on any atom is -0.337 e. The number of hydrogen-bond donors (Lipinski definition) is 1. The predicted octanol–water partition coefficient (Wildman–Crippen LogP) is 3.26. The van der Waals surface area contributed by atoms with Crippen LogP contribution in [0.5, 0.6) is 0 Å². The summed E-state index contributed by atoms with van der Waals surface area (Å²) in [5, 5.41) is 0.515. The van der Waals surface area contributed by atoms with Crippen molar-refractivity contribution in [1.29, 1.82) is 0 Å². The van der Waals surface area contributed by atoms with E-state index < -0.39 is 5.82 Å². The zero-order valence-corrected chi connectivity index (χ0v) is 16.4. The molecule has 1 fully saturated rings. The van der Waals surface area contributed by atoms with Crippen LogP contribution in [0, 0.1) is 11.7 Å². The lowest BCUT2D eigenvalue weighted by molar-refractivity contribution is 0.0748. The number of pyridine rings is 1. The first-order valence-corrected chi connectivity index (χ1v) is 9.88. The quantitative estimate of drug-likeness (QED) is 0.743. The van der Waals surface area contributed by atoms with E-state index >= 15 is 0 Å². The molecule has 1 aliphatic heterocycles. The molecule has 1 atom stereocenters. The van der Waals surface area contributed by atoms with Crippen LogP contribution in [-0.2, 0) is 6.54 Å². The molecular formula is C23H24FN3O2. The van der Waals surface area contributed by atoms with Gasteiger partial charge in [-0.1, -0.05) is 37.3 Å². The number of halogens is 1. The second kappa shape index (κ2) is 8.17. The number of nitrogens with one attached hydrogen (secondary N) is 1. The number of hydrogen-bond acceptors (Lipinski definition) is 3. The zero-order valence-electron chi connectivity index (χ0n) is 16.4. The summed E-state index contributed by atoms with van der Waals surface area (Å²) in [5.74, 6) is -0.450. The summed E-state index contributed by atoms with van der Waals surface area (Å²) in [6, 6.07) is 16.1. The lowest BCUT2D eigenvalue weighted by atomic mass is 10.1. The molecule has 4 rings (SSSR count). The van der Waals surface area contributed by atoms with Gasteiger partial charge in [-0.15, -0.1) is 0 Å². The van der Waals surface area contributed by atoms with Crippen molar-refractivity contribution in [2.24, 2.45) is 5.92 Å². The Labute approximate surface area is 168 Å². The monoisotopic (exact) mass is 393 g/mol. The summed E-state index contributed by atoms with van der Waals surface area (Å²) in [6.07, 6.45) is 0. The second-order valence-corrected chi connectivity index (χ2v) is 7.82. The zero-order chi connectivity index (χ0) is 20.4. The summed E-state index contributed by atoms with van der Waals surface area (Å²) in [5.41, 5.74) is 1.33. The van der Waals surface area contributed by atoms with Gasteiger partial charge in [-0.25, -0.2) is 4.39 Å². The van der Waals surface area contributed by atoms with Crippen molar-refractivity contribution in [3.05, 3.63) is 81.9 Å². The van der Waals surface area contributed by atoms with Crippen molar-refractivity contribution in [1.82, 2.24) is 14.8 Å². The molecule has 29 heavy (non-hydrogen) atoms. The second-order valence-electron chi connectivity index (χ2n) is 7.82. The summed E-state index contributed by atoms with van der Waals surface area (Å²) in [4.78, 5) is 31.2. The van der Waals surface area contributed by atoms with Crippen molar-refractivity contribution in [3.63, 3.8) is 0 Å². The van der Waals surface area contributed by atoms with Crippen LogP contribution in [0.1, 0.15) is 22.8 Å². The fourth-order valence-corrected chi connectivity index (χ4v) is 4.02. The Morgan fingerprint density at radius 1 is 1.10 bits per heavy atom. The van der Waals surface area contributed by atoms with Gasteiger partial charge in [0, 0.05) is 49.7 Å². The van der Waals surface area contributed by atoms with E-state index in [1.165, 1.54) is 17.7 Å². The topological polar surface area (TPSA) is 56.4 Å². The number of aromatic nitrogens is 1. The maximum atomic E-state index is 14.5. The molecule has 2 heterocycles. The van der Waals surface area contributed by atoms with Crippen LogP contribution in [-0.4, -0.2) is 46.9 Å². The van der Waals surface area contributed by atoms with Crippen molar-refractivity contribution in [3.8, 4) is 0 Å². The number of amides is 1. The average Bonchev–Trinajstić information content (AvgIpc) is 2.89. The van der Waals surface area contributed by atoms with Gasteiger partial charge in [0.1, 0.15) is 5.82 Å². The van der Waals surface area contributed by atoms with E-state index in [2.05, 4.69) is 28.9 Å². The van der Waals surface area contributed by atoms with Crippen molar-refractivity contribution < 1.29 is 9.18 Å². The molecule has 150 valence electrons. The van der Waals surface area contributed by atoms with Crippen LogP contribution in [0.25, 0.3) is 10.9 Å². The largest absolute Gasteiger partial charge is 0.337 e. The highest BCUT2D eigenvalue weighted by atomic mass is 19.1. The fraction of sp³-hybridized carbons (Fsp3) is 0.304. The Morgan fingerprint density at radius 3 is 2.69 bits per heavy atom. The van der Waals surface area contributed by atoms with Crippen LogP contribution in [0.3, 0.4) is 0 Å². The molecule has 0 aliphatic carbocycles. The molecular weight excluding hydrogens is 369 g/mol. The van der Waals surface area contributed by atoms with E-state index in [0.29, 0.717) is 30.0 Å². The third-order valence-electron chi connectivity index (χ3n) is 5.35. The number of benzene rings is 2. The number of carbonyl (C=O) groups is 1. The third kappa shape index (κ3) is 4.38. The molecule has 6 heteroatoms. The Balaban J connectivity index is 1.52. The van der Waals surface area contributed by atoms with Crippen LogP contribution in [0.2, 0.25) is 0 Å². The number of carbonyl (C=O) groups excluding carboxylic acids is 1. The normalized spacial score (nSPS) is 18.0. The van der Waals surface area contributed by atoms with Crippen molar-refractivity contribution >= 4 is 16.8 Å². The maximum Gasteiger partial charge on any atom is 0.254 e. The average molecular weight is 393 g/mol. The summed E-state index contributed by atoms with van der Waals surface area (Å²) in [6.45, 7) is 5.90. The first-order chi connectivity index (χ1) is 14.0. The Bertz CT molecular complexity index is 1080. The number of aromatic amines is 1. The number of nitrogens with zero attached hydrogens (tertiary/aromatic N) is 2. The molecule has 2 aromatic carbocycles. The van der Waals surface area contributed by atoms with Gasteiger partial charge >= 0.3 is 0 Å². The van der Waals surface area contributed by atoms with E-state index in [1.54, 1.807) is 12.1 Å². The molecule has 1 N–H and O–H groups in total. The highest BCUT2D eigenvalue weighted by molar-refractivity contribution is 5.98. The van der Waals surface area contributed by atoms with E-state index in [9.17, 15) is 14.0 Å². The van der Waals surface area contributed by atoms with Gasteiger partial charge in [0.15, 0.2) is 0 Å². The Hall–Kier alpha value is -2.99. The predicted molar refractivity (Wildman–Crippen MR) is 111 cm³/mol. The standard InChI is InChI=1S/C23H24FN3O2/c1-16-13-26(15-17-5-3-2-4-6-17)9-10-27(14-16)23(29)19-11-18-7-8-21(28)25-22(18)20(24)12-19/h2-8,11-12,16H,9-10,13-15H2,1H3,(H,25,28). The highest BCUT2D eigenvalue weighted by Gasteiger charge is 2.25. The molecule has 1 saturated heterocycles. The highest BCUT2D eigenvalue weighted by Crippen LogP contribution is 2.20. The lowest BCUT2D eigenvalue weighted by Gasteiger charge is -2.22. The van der Waals surface area contributed by atoms with E-state index in [-0.39, 0.29) is 17.0 Å². The number of H-pyrrole nitrogens is 1. The fourth-order valence-electron chi connectivity index (χ4n) is 4.02. The van der Waals surface area contributed by atoms with Crippen LogP contribution in [0.15, 0.2) is 59.4 Å². The van der Waals surface area contributed by atoms with Gasteiger partial charge < -0.3 is 9.88 Å². The molecule has 5 nitrogen and oxygen atoms in total. The van der Waals surface area contributed by atoms with Gasteiger partial charge in [0.05, 0.1) is 5.52 Å². The van der Waals surface area contributed by atoms with E-state index in [1.807, 2.05) is 23.1 Å². The Morgan fingerprint density at radius 2 is 1.90 bits per heavy atom. The maximum absolute atomic E-state index is 14.5. The van der Waals surface area contributed by atoms with Gasteiger partial charge in [-0.3, -0.25) is 14.5 Å². The SMILES string of the molecule is CC1CN(Cc2ccccc2)CCN(C(=O)c2cc(F)c3[nH]c(=O)ccc3c2)C1. The van der Waals surface area contributed by atoms with Crippen molar-refractivity contribution in [2.45, 2.75) is 13.5 Å². The molecule has 1 amide bonds. The molecule has 3 aromatic rings. The van der Waals surface area contributed by atoms with E-state index in [4.69, 9.17) is 0 Å². The third-order valence-corrected chi connectivity index (χ3v) is 5.35. The molecule has 0 saturated carbocycles. The van der Waals surface area contributed by atoms with Gasteiger partial charge in [0.25, 0.3) is 5.91 Å². The lowest BCUT2D eigenvalue weighted by Crippen LogP contribution is -2.35. The minimum atomic E-state index is -0.586. The Kier molecular flexibility index (Phi) is 5.45. The van der Waals surface area contributed by atoms with Gasteiger partial charge in [-0.2, -0.15) is 0 Å². The van der Waals surface area contributed by atoms with Crippen LogP contribution < -0.4 is 5.56 Å². The molecule has 0 bridgehead atoms. The first-order valence-electron chi connectivity index (χ1n) is 9.88. The summed E-state index contributed by atoms with van der Waals surface area (Å²) < 4.78 is 14.5. The van der Waals surface area contributed by atoms with Crippen molar-refractivity contribution in [2.75, 3.05) is 26.2 Å². The van der Waals surface area contributed by atoms with Crippen LogP contribution >= 0.6 is 0 Å². The smallest absolute Gasteiger partial charge is 0.254 e. The first kappa shape index (κ1) is 19.3. The summed E-state index contributed by atoms with van der Waals surface area (Å²) in [7, 11) is 0. The number of rotatable bonds is 3. The number of fused-ring (bicyclic) bond motifs is 1. The molecule has 1 aromatic heterocycles. The van der Waals surface area contributed by atoms with Gasteiger partial charge in [0.2, 0.25) is 5.56 Å².